The van der Waals surface area contributed by atoms with Crippen molar-refractivity contribution in [2.24, 2.45) is 0 Å². The van der Waals surface area contributed by atoms with Crippen LogP contribution in [0.1, 0.15) is 47.9 Å². The number of benzene rings is 1. The molecule has 1 saturated carbocycles. The van der Waals surface area contributed by atoms with Crippen molar-refractivity contribution in [3.05, 3.63) is 28.3 Å². The quantitative estimate of drug-likeness (QED) is 0.845. The van der Waals surface area contributed by atoms with Crippen molar-refractivity contribution in [1.82, 2.24) is 0 Å². The molecule has 0 bridgehead atoms. The van der Waals surface area contributed by atoms with Crippen LogP contribution >= 0.6 is 0 Å². The SMILES string of the molecule is Cc1cc(C)c(C2(C(=O)O)CCCC2)c(O)c1C. The van der Waals surface area contributed by atoms with Gasteiger partial charge in [0.1, 0.15) is 5.75 Å². The molecule has 0 heterocycles. The molecular weight excluding hydrogens is 228 g/mol. The molecule has 0 radical (unpaired) electrons. The van der Waals surface area contributed by atoms with Crippen LogP contribution in [0.5, 0.6) is 5.75 Å². The van der Waals surface area contributed by atoms with Gasteiger partial charge in [0.15, 0.2) is 0 Å². The molecule has 0 aliphatic heterocycles. The lowest BCUT2D eigenvalue weighted by Crippen LogP contribution is -2.33. The molecule has 1 aromatic rings. The van der Waals surface area contributed by atoms with Crippen LogP contribution < -0.4 is 0 Å². The van der Waals surface area contributed by atoms with Gasteiger partial charge in [-0.2, -0.15) is 0 Å². The van der Waals surface area contributed by atoms with E-state index >= 15 is 0 Å². The highest BCUT2D eigenvalue weighted by molar-refractivity contribution is 5.84. The van der Waals surface area contributed by atoms with E-state index in [-0.39, 0.29) is 5.75 Å². The van der Waals surface area contributed by atoms with Crippen molar-refractivity contribution in [1.29, 1.82) is 0 Å². The summed E-state index contributed by atoms with van der Waals surface area (Å²) in [5, 5.41) is 20.0. The van der Waals surface area contributed by atoms with Crippen LogP contribution in [-0.4, -0.2) is 16.2 Å². The van der Waals surface area contributed by atoms with Crippen LogP contribution in [0.4, 0.5) is 0 Å². The third kappa shape index (κ3) is 1.69. The summed E-state index contributed by atoms with van der Waals surface area (Å²) in [5.41, 5.74) is 2.44. The zero-order valence-electron chi connectivity index (χ0n) is 11.2. The fourth-order valence-corrected chi connectivity index (χ4v) is 3.22. The molecule has 0 unspecified atom stereocenters. The van der Waals surface area contributed by atoms with Crippen molar-refractivity contribution in [3.8, 4) is 5.75 Å². The van der Waals surface area contributed by atoms with E-state index in [0.717, 1.165) is 29.5 Å². The van der Waals surface area contributed by atoms with Crippen molar-refractivity contribution >= 4 is 5.97 Å². The minimum atomic E-state index is -0.882. The molecule has 0 saturated heterocycles. The molecule has 1 fully saturated rings. The zero-order valence-corrected chi connectivity index (χ0v) is 11.2. The van der Waals surface area contributed by atoms with E-state index in [4.69, 9.17) is 0 Å². The molecule has 1 aliphatic carbocycles. The molecule has 0 amide bonds. The second-order valence-electron chi connectivity index (χ2n) is 5.45. The number of aliphatic carboxylic acids is 1. The van der Waals surface area contributed by atoms with E-state index in [0.29, 0.717) is 18.4 Å². The van der Waals surface area contributed by atoms with Crippen molar-refractivity contribution < 1.29 is 15.0 Å². The van der Waals surface area contributed by atoms with E-state index in [1.165, 1.54) is 0 Å². The van der Waals surface area contributed by atoms with Crippen LogP contribution in [0.25, 0.3) is 0 Å². The van der Waals surface area contributed by atoms with E-state index in [9.17, 15) is 15.0 Å². The summed E-state index contributed by atoms with van der Waals surface area (Å²) < 4.78 is 0. The highest BCUT2D eigenvalue weighted by Gasteiger charge is 2.45. The Hall–Kier alpha value is -1.51. The predicted octanol–water partition coefficient (Wildman–Crippen LogP) is 3.21. The second-order valence-corrected chi connectivity index (χ2v) is 5.45. The Morgan fingerprint density at radius 2 is 1.72 bits per heavy atom. The predicted molar refractivity (Wildman–Crippen MR) is 70.1 cm³/mol. The summed E-state index contributed by atoms with van der Waals surface area (Å²) in [6.45, 7) is 5.68. The Morgan fingerprint density at radius 3 is 2.22 bits per heavy atom. The van der Waals surface area contributed by atoms with Crippen LogP contribution in [-0.2, 0) is 10.2 Å². The summed E-state index contributed by atoms with van der Waals surface area (Å²) in [6.07, 6.45) is 3.08. The molecule has 18 heavy (non-hydrogen) atoms. The summed E-state index contributed by atoms with van der Waals surface area (Å²) >= 11 is 0. The van der Waals surface area contributed by atoms with Crippen LogP contribution in [0.3, 0.4) is 0 Å². The van der Waals surface area contributed by atoms with Crippen molar-refractivity contribution in [2.75, 3.05) is 0 Å². The number of phenols is 1. The standard InChI is InChI=1S/C15H20O3/c1-9-8-10(2)12(13(16)11(9)3)15(14(17)18)6-4-5-7-15/h8,16H,4-7H2,1-3H3,(H,17,18). The summed E-state index contributed by atoms with van der Waals surface area (Å²) in [7, 11) is 0. The summed E-state index contributed by atoms with van der Waals surface area (Å²) in [5.74, 6) is -0.626. The number of carboxylic acid groups (broad SMARTS) is 1. The van der Waals surface area contributed by atoms with Crippen molar-refractivity contribution in [2.45, 2.75) is 51.9 Å². The average Bonchev–Trinajstić information content (AvgIpc) is 2.76. The molecule has 0 aromatic heterocycles. The van der Waals surface area contributed by atoms with Gasteiger partial charge in [0, 0.05) is 5.56 Å². The number of hydrogen-bond donors (Lipinski definition) is 2. The highest BCUT2D eigenvalue weighted by Crippen LogP contribution is 2.47. The maximum Gasteiger partial charge on any atom is 0.314 e. The number of aromatic hydroxyl groups is 1. The van der Waals surface area contributed by atoms with Gasteiger partial charge in [-0.25, -0.2) is 0 Å². The first-order valence-corrected chi connectivity index (χ1v) is 6.44. The lowest BCUT2D eigenvalue weighted by Gasteiger charge is -2.28. The summed E-state index contributed by atoms with van der Waals surface area (Å²) in [6, 6.07) is 1.98. The second kappa shape index (κ2) is 4.30. The van der Waals surface area contributed by atoms with E-state index in [1.807, 2.05) is 26.8 Å². The van der Waals surface area contributed by atoms with Gasteiger partial charge in [-0.05, 0) is 50.3 Å². The number of rotatable bonds is 2. The van der Waals surface area contributed by atoms with Gasteiger partial charge in [0.25, 0.3) is 0 Å². The largest absolute Gasteiger partial charge is 0.507 e. The van der Waals surface area contributed by atoms with Crippen LogP contribution in [0.15, 0.2) is 6.07 Å². The molecule has 3 heteroatoms. The smallest absolute Gasteiger partial charge is 0.314 e. The Morgan fingerprint density at radius 1 is 1.17 bits per heavy atom. The molecule has 3 nitrogen and oxygen atoms in total. The molecule has 98 valence electrons. The minimum absolute atomic E-state index is 0.178. The molecule has 1 aromatic carbocycles. The number of hydrogen-bond acceptors (Lipinski definition) is 2. The molecule has 0 spiro atoms. The van der Waals surface area contributed by atoms with E-state index in [2.05, 4.69) is 0 Å². The molecule has 2 rings (SSSR count). The van der Waals surface area contributed by atoms with Crippen LogP contribution in [0, 0.1) is 20.8 Å². The van der Waals surface area contributed by atoms with Gasteiger partial charge < -0.3 is 10.2 Å². The maximum atomic E-state index is 11.7. The Kier molecular flexibility index (Phi) is 3.09. The number of phenolic OH excluding ortho intramolecular Hbond substituents is 1. The zero-order chi connectivity index (χ0) is 13.5. The minimum Gasteiger partial charge on any atom is -0.507 e. The van der Waals surface area contributed by atoms with E-state index in [1.54, 1.807) is 0 Å². The first-order chi connectivity index (χ1) is 8.40. The maximum absolute atomic E-state index is 11.7. The Bertz CT molecular complexity index is 497. The van der Waals surface area contributed by atoms with Gasteiger partial charge in [0.2, 0.25) is 0 Å². The third-order valence-corrected chi connectivity index (χ3v) is 4.36. The topological polar surface area (TPSA) is 57.5 Å². The Labute approximate surface area is 107 Å². The van der Waals surface area contributed by atoms with Crippen LogP contribution in [0.2, 0.25) is 0 Å². The van der Waals surface area contributed by atoms with Gasteiger partial charge in [-0.15, -0.1) is 0 Å². The van der Waals surface area contributed by atoms with E-state index < -0.39 is 11.4 Å². The fraction of sp³-hybridized carbons (Fsp3) is 0.533. The normalized spacial score (nSPS) is 17.9. The fourth-order valence-electron chi connectivity index (χ4n) is 3.22. The highest BCUT2D eigenvalue weighted by atomic mass is 16.4. The first-order valence-electron chi connectivity index (χ1n) is 6.44. The molecule has 1 aliphatic rings. The molecular formula is C15H20O3. The van der Waals surface area contributed by atoms with Gasteiger partial charge in [0.05, 0.1) is 5.41 Å². The first kappa shape index (κ1) is 12.9. The number of carbonyl (C=O) groups is 1. The molecule has 2 N–H and O–H groups in total. The third-order valence-electron chi connectivity index (χ3n) is 4.36. The van der Waals surface area contributed by atoms with Gasteiger partial charge in [-0.3, -0.25) is 4.79 Å². The Balaban J connectivity index is 2.70. The lowest BCUT2D eigenvalue weighted by molar-refractivity contribution is -0.143. The molecule has 0 atom stereocenters. The van der Waals surface area contributed by atoms with Gasteiger partial charge >= 0.3 is 5.97 Å². The van der Waals surface area contributed by atoms with Gasteiger partial charge in [-0.1, -0.05) is 18.9 Å². The lowest BCUT2D eigenvalue weighted by atomic mass is 9.75. The van der Waals surface area contributed by atoms with Crippen molar-refractivity contribution in [3.63, 3.8) is 0 Å². The summed E-state index contributed by atoms with van der Waals surface area (Å²) in [4.78, 5) is 11.7. The monoisotopic (exact) mass is 248 g/mol. The average molecular weight is 248 g/mol. The number of carboxylic acids is 1. The number of aryl methyl sites for hydroxylation is 2.